The molecule has 0 saturated carbocycles. The van der Waals surface area contributed by atoms with Crippen molar-refractivity contribution in [3.63, 3.8) is 0 Å². The molecule has 0 aliphatic rings. The first-order valence-corrected chi connectivity index (χ1v) is 6.26. The second-order valence-electron chi connectivity index (χ2n) is 5.19. The maximum Gasteiger partial charge on any atom is 0.405 e. The molecule has 0 radical (unpaired) electrons. The molecule has 3 nitrogen and oxygen atoms in total. The molecule has 1 rings (SSSR count). The molecule has 0 bridgehead atoms. The summed E-state index contributed by atoms with van der Waals surface area (Å²) in [6.07, 6.45) is 0.930. The molecular weight excluding hydrogens is 281 g/mol. The zero-order chi connectivity index (χ0) is 16.3. The molecule has 0 heterocycles. The highest BCUT2D eigenvalue weighted by atomic mass is 19.4. The Bertz CT molecular complexity index is 571. The van der Waals surface area contributed by atoms with E-state index < -0.39 is 24.2 Å². The van der Waals surface area contributed by atoms with Crippen LogP contribution in [0.15, 0.2) is 18.2 Å². The Balaban J connectivity index is 3.06. The summed E-state index contributed by atoms with van der Waals surface area (Å²) in [5.74, 6) is 1.89. The van der Waals surface area contributed by atoms with Crippen LogP contribution in [0.2, 0.25) is 0 Å². The Hall–Kier alpha value is -2.16. The van der Waals surface area contributed by atoms with Crippen LogP contribution < -0.4 is 10.6 Å². The number of halogens is 3. The molecule has 0 aliphatic carbocycles. The minimum Gasteiger partial charge on any atom is -0.376 e. The van der Waals surface area contributed by atoms with E-state index in [0.717, 1.165) is 0 Å². The van der Waals surface area contributed by atoms with Crippen molar-refractivity contribution in [2.45, 2.75) is 32.5 Å². The fourth-order valence-electron chi connectivity index (χ4n) is 1.69. The lowest BCUT2D eigenvalue weighted by atomic mass is 10.0. The molecule has 0 aromatic heterocycles. The Morgan fingerprint density at radius 1 is 1.33 bits per heavy atom. The minimum absolute atomic E-state index is 0.123. The lowest BCUT2D eigenvalue weighted by Crippen LogP contribution is -2.42. The molecule has 21 heavy (non-hydrogen) atoms. The zero-order valence-corrected chi connectivity index (χ0v) is 12.1. The molecule has 0 unspecified atom stereocenters. The van der Waals surface area contributed by atoms with Crippen molar-refractivity contribution in [1.82, 2.24) is 5.32 Å². The van der Waals surface area contributed by atoms with Crippen molar-refractivity contribution >= 4 is 11.6 Å². The van der Waals surface area contributed by atoms with Crippen LogP contribution in [0.1, 0.15) is 29.8 Å². The van der Waals surface area contributed by atoms with Gasteiger partial charge in [-0.1, -0.05) is 18.1 Å². The van der Waals surface area contributed by atoms with Crippen LogP contribution in [-0.2, 0) is 0 Å². The average Bonchev–Trinajstić information content (AvgIpc) is 2.34. The quantitative estimate of drug-likeness (QED) is 0.839. The molecule has 114 valence electrons. The summed E-state index contributed by atoms with van der Waals surface area (Å²) < 4.78 is 36.9. The van der Waals surface area contributed by atoms with E-state index in [9.17, 15) is 18.0 Å². The van der Waals surface area contributed by atoms with E-state index in [1.807, 2.05) is 0 Å². The molecule has 0 fully saturated rings. The number of alkyl halides is 3. The van der Waals surface area contributed by atoms with Gasteiger partial charge in [0.15, 0.2) is 0 Å². The van der Waals surface area contributed by atoms with Crippen molar-refractivity contribution in [2.24, 2.45) is 0 Å². The molecule has 2 N–H and O–H groups in total. The largest absolute Gasteiger partial charge is 0.405 e. The van der Waals surface area contributed by atoms with E-state index in [1.54, 1.807) is 32.9 Å². The summed E-state index contributed by atoms with van der Waals surface area (Å²) in [5, 5.41) is 4.85. The summed E-state index contributed by atoms with van der Waals surface area (Å²) in [4.78, 5) is 12.3. The molecular formula is C15H17F3N2O. The summed E-state index contributed by atoms with van der Waals surface area (Å²) in [7, 11) is 0. The van der Waals surface area contributed by atoms with Gasteiger partial charge in [0, 0.05) is 5.69 Å². The van der Waals surface area contributed by atoms with E-state index in [2.05, 4.69) is 16.6 Å². The molecule has 6 heteroatoms. The van der Waals surface area contributed by atoms with Crippen LogP contribution in [0.3, 0.4) is 0 Å². The summed E-state index contributed by atoms with van der Waals surface area (Å²) in [6, 6.07) is 4.66. The number of nitrogens with one attached hydrogen (secondary N) is 2. The monoisotopic (exact) mass is 298 g/mol. The zero-order valence-electron chi connectivity index (χ0n) is 12.1. The van der Waals surface area contributed by atoms with Gasteiger partial charge < -0.3 is 10.6 Å². The van der Waals surface area contributed by atoms with Crippen LogP contribution in [-0.4, -0.2) is 24.2 Å². The van der Waals surface area contributed by atoms with E-state index in [-0.39, 0.29) is 11.3 Å². The summed E-state index contributed by atoms with van der Waals surface area (Å²) >= 11 is 0. The molecule has 1 aromatic rings. The lowest BCUT2D eigenvalue weighted by molar-refractivity contribution is -0.115. The van der Waals surface area contributed by atoms with Crippen molar-refractivity contribution in [3.05, 3.63) is 29.3 Å². The number of carbonyl (C=O) groups excluding carboxylic acids is 1. The van der Waals surface area contributed by atoms with Gasteiger partial charge in [-0.2, -0.15) is 13.2 Å². The minimum atomic E-state index is -4.37. The van der Waals surface area contributed by atoms with Gasteiger partial charge >= 0.3 is 6.18 Å². The Morgan fingerprint density at radius 3 is 2.48 bits per heavy atom. The smallest absolute Gasteiger partial charge is 0.376 e. The fraction of sp³-hybridized carbons (Fsp3) is 0.400. The van der Waals surface area contributed by atoms with Gasteiger partial charge in [0.25, 0.3) is 5.91 Å². The first-order chi connectivity index (χ1) is 9.56. The number of hydrogen-bond donors (Lipinski definition) is 2. The third kappa shape index (κ3) is 5.03. The number of benzene rings is 1. The van der Waals surface area contributed by atoms with Gasteiger partial charge in [-0.25, -0.2) is 0 Å². The first-order valence-electron chi connectivity index (χ1n) is 6.26. The number of aryl methyl sites for hydroxylation is 1. The second kappa shape index (κ2) is 6.08. The predicted octanol–water partition coefficient (Wildman–Crippen LogP) is 3.11. The van der Waals surface area contributed by atoms with Gasteiger partial charge in [-0.05, 0) is 32.4 Å². The van der Waals surface area contributed by atoms with Gasteiger partial charge in [0.2, 0.25) is 0 Å². The van der Waals surface area contributed by atoms with E-state index in [4.69, 9.17) is 6.42 Å². The van der Waals surface area contributed by atoms with Crippen LogP contribution >= 0.6 is 0 Å². The Kier molecular flexibility index (Phi) is 4.89. The van der Waals surface area contributed by atoms with E-state index in [1.165, 1.54) is 6.07 Å². The fourth-order valence-corrected chi connectivity index (χ4v) is 1.69. The van der Waals surface area contributed by atoms with E-state index >= 15 is 0 Å². The van der Waals surface area contributed by atoms with E-state index in [0.29, 0.717) is 5.56 Å². The average molecular weight is 298 g/mol. The lowest BCUT2D eigenvalue weighted by Gasteiger charge is -2.22. The number of amides is 1. The Morgan fingerprint density at radius 2 is 1.95 bits per heavy atom. The van der Waals surface area contributed by atoms with Crippen LogP contribution in [0.25, 0.3) is 0 Å². The van der Waals surface area contributed by atoms with Gasteiger partial charge in [-0.3, -0.25) is 4.79 Å². The number of anilines is 1. The number of carbonyl (C=O) groups is 1. The molecule has 1 aromatic carbocycles. The number of hydrogen-bond acceptors (Lipinski definition) is 2. The van der Waals surface area contributed by atoms with Crippen molar-refractivity contribution in [1.29, 1.82) is 0 Å². The standard InChI is InChI=1S/C15H17F3N2O/c1-5-14(3,4)20-13(21)12-10(2)7-6-8-11(12)19-9-15(16,17)18/h1,6-8,19H,9H2,2-4H3,(H,20,21). The van der Waals surface area contributed by atoms with Gasteiger partial charge in [0.1, 0.15) is 6.54 Å². The normalized spacial score (nSPS) is 11.7. The summed E-state index contributed by atoms with van der Waals surface area (Å²) in [6.45, 7) is 3.70. The second-order valence-corrected chi connectivity index (χ2v) is 5.19. The molecule has 0 spiro atoms. The summed E-state index contributed by atoms with van der Waals surface area (Å²) in [5.41, 5.74) is -0.0454. The maximum absolute atomic E-state index is 12.3. The third-order valence-electron chi connectivity index (χ3n) is 2.77. The maximum atomic E-state index is 12.3. The first kappa shape index (κ1) is 16.9. The highest BCUT2D eigenvalue weighted by molar-refractivity contribution is 6.01. The number of rotatable bonds is 4. The Labute approximate surface area is 121 Å². The highest BCUT2D eigenvalue weighted by Gasteiger charge is 2.28. The SMILES string of the molecule is C#CC(C)(C)NC(=O)c1c(C)cccc1NCC(F)(F)F. The molecule has 0 atom stereocenters. The number of terminal acetylenes is 1. The van der Waals surface area contributed by atoms with Crippen LogP contribution in [0, 0.1) is 19.3 Å². The molecule has 0 saturated heterocycles. The van der Waals surface area contributed by atoms with Crippen LogP contribution in [0.5, 0.6) is 0 Å². The van der Waals surface area contributed by atoms with Crippen molar-refractivity contribution in [3.8, 4) is 12.3 Å². The third-order valence-corrected chi connectivity index (χ3v) is 2.77. The molecule has 1 amide bonds. The molecule has 0 aliphatic heterocycles. The van der Waals surface area contributed by atoms with Gasteiger partial charge in [0.05, 0.1) is 11.1 Å². The highest BCUT2D eigenvalue weighted by Crippen LogP contribution is 2.23. The topological polar surface area (TPSA) is 41.1 Å². The predicted molar refractivity (Wildman–Crippen MR) is 76.1 cm³/mol. The van der Waals surface area contributed by atoms with Crippen molar-refractivity contribution in [2.75, 3.05) is 11.9 Å². The van der Waals surface area contributed by atoms with Crippen molar-refractivity contribution < 1.29 is 18.0 Å². The van der Waals surface area contributed by atoms with Crippen LogP contribution in [0.4, 0.5) is 18.9 Å². The van der Waals surface area contributed by atoms with Gasteiger partial charge in [-0.15, -0.1) is 6.42 Å².